The van der Waals surface area contributed by atoms with Gasteiger partial charge in [-0.1, -0.05) is 26.0 Å². The van der Waals surface area contributed by atoms with E-state index in [1.807, 2.05) is 35.4 Å². The van der Waals surface area contributed by atoms with Crippen LogP contribution in [0.1, 0.15) is 43.5 Å². The second-order valence-corrected chi connectivity index (χ2v) is 8.70. The van der Waals surface area contributed by atoms with Crippen LogP contribution in [0.15, 0.2) is 47.5 Å². The summed E-state index contributed by atoms with van der Waals surface area (Å²) in [6, 6.07) is 12.0. The summed E-state index contributed by atoms with van der Waals surface area (Å²) in [7, 11) is 0. The molecule has 4 nitrogen and oxygen atoms in total. The van der Waals surface area contributed by atoms with E-state index in [1.54, 1.807) is 18.0 Å². The molecule has 2 heterocycles. The molecule has 1 aromatic heterocycles. The minimum Gasteiger partial charge on any atom is -0.338 e. The number of aromatic nitrogens is 1. The Labute approximate surface area is 171 Å². The normalized spacial score (nSPS) is 17.0. The molecule has 2 aromatic rings. The average Bonchev–Trinajstić information content (AvgIpc) is 2.73. The summed E-state index contributed by atoms with van der Waals surface area (Å²) < 4.78 is 0. The highest BCUT2D eigenvalue weighted by Crippen LogP contribution is 2.25. The molecular weight excluding hydrogens is 368 g/mol. The maximum atomic E-state index is 12.9. The van der Waals surface area contributed by atoms with Gasteiger partial charge in [0, 0.05) is 42.1 Å². The van der Waals surface area contributed by atoms with Crippen molar-refractivity contribution in [3.05, 3.63) is 48.2 Å². The molecule has 1 aliphatic heterocycles. The topological polar surface area (TPSA) is 50.3 Å². The SMILES string of the molecule is CSc1cccc(-c2ccc(C(=O)N3CCC[C@@H](C(=O)CC(C)C)C3)cn2)c1. The van der Waals surface area contributed by atoms with Gasteiger partial charge >= 0.3 is 0 Å². The van der Waals surface area contributed by atoms with Crippen LogP contribution in [0.2, 0.25) is 0 Å². The molecule has 0 spiro atoms. The Morgan fingerprint density at radius 2 is 2.07 bits per heavy atom. The first kappa shape index (κ1) is 20.6. The number of amides is 1. The van der Waals surface area contributed by atoms with Crippen molar-refractivity contribution in [1.82, 2.24) is 9.88 Å². The molecule has 0 bridgehead atoms. The highest BCUT2D eigenvalue weighted by atomic mass is 32.2. The van der Waals surface area contributed by atoms with Gasteiger partial charge in [0.25, 0.3) is 5.91 Å². The van der Waals surface area contributed by atoms with Gasteiger partial charge in [-0.15, -0.1) is 11.8 Å². The number of carbonyl (C=O) groups excluding carboxylic acids is 2. The predicted octanol–water partition coefficient (Wildman–Crippen LogP) is 4.94. The van der Waals surface area contributed by atoms with E-state index in [1.165, 1.54) is 4.90 Å². The van der Waals surface area contributed by atoms with Gasteiger partial charge in [-0.2, -0.15) is 0 Å². The molecule has 0 aliphatic carbocycles. The standard InChI is InChI=1S/C23H28N2O2S/c1-16(2)12-22(26)19-7-5-11-25(15-19)23(27)18-9-10-21(24-14-18)17-6-4-8-20(13-17)28-3/h4,6,8-10,13-14,16,19H,5,7,11-12,15H2,1-3H3/t19-/m1/s1. The number of ketones is 1. The van der Waals surface area contributed by atoms with E-state index in [4.69, 9.17) is 0 Å². The smallest absolute Gasteiger partial charge is 0.255 e. The van der Waals surface area contributed by atoms with E-state index in [0.29, 0.717) is 31.0 Å². The monoisotopic (exact) mass is 396 g/mol. The molecule has 1 fully saturated rings. The Bertz CT molecular complexity index is 833. The number of benzene rings is 1. The molecule has 1 amide bonds. The van der Waals surface area contributed by atoms with Crippen LogP contribution in [0.4, 0.5) is 0 Å². The molecule has 1 aliphatic rings. The van der Waals surface area contributed by atoms with Crippen molar-refractivity contribution in [1.29, 1.82) is 0 Å². The second-order valence-electron chi connectivity index (χ2n) is 7.82. The average molecular weight is 397 g/mol. The minimum atomic E-state index is -0.0287. The Hall–Kier alpha value is -2.14. The molecule has 5 heteroatoms. The van der Waals surface area contributed by atoms with E-state index < -0.39 is 0 Å². The van der Waals surface area contributed by atoms with Crippen LogP contribution in [-0.4, -0.2) is 40.9 Å². The number of pyridine rings is 1. The predicted molar refractivity (Wildman–Crippen MR) is 115 cm³/mol. The minimum absolute atomic E-state index is 0.0263. The summed E-state index contributed by atoms with van der Waals surface area (Å²) in [5.74, 6) is 0.593. The lowest BCUT2D eigenvalue weighted by Gasteiger charge is -2.32. The van der Waals surface area contributed by atoms with Crippen LogP contribution in [0.25, 0.3) is 11.3 Å². The van der Waals surface area contributed by atoms with Gasteiger partial charge in [-0.25, -0.2) is 0 Å². The lowest BCUT2D eigenvalue weighted by Crippen LogP contribution is -2.42. The van der Waals surface area contributed by atoms with Gasteiger partial charge < -0.3 is 4.90 Å². The summed E-state index contributed by atoms with van der Waals surface area (Å²) in [5.41, 5.74) is 2.49. The van der Waals surface area contributed by atoms with Crippen LogP contribution in [0.3, 0.4) is 0 Å². The number of likely N-dealkylation sites (tertiary alicyclic amines) is 1. The molecule has 0 unspecified atom stereocenters. The molecule has 3 rings (SSSR count). The number of nitrogens with zero attached hydrogens (tertiary/aromatic N) is 2. The highest BCUT2D eigenvalue weighted by molar-refractivity contribution is 7.98. The summed E-state index contributed by atoms with van der Waals surface area (Å²) in [6.45, 7) is 5.36. The first-order chi connectivity index (χ1) is 13.5. The molecule has 1 aromatic carbocycles. The largest absolute Gasteiger partial charge is 0.338 e. The van der Waals surface area contributed by atoms with Gasteiger partial charge in [-0.05, 0) is 49.3 Å². The van der Waals surface area contributed by atoms with Crippen molar-refractivity contribution in [3.8, 4) is 11.3 Å². The van der Waals surface area contributed by atoms with E-state index in [-0.39, 0.29) is 17.6 Å². The van der Waals surface area contributed by atoms with Crippen molar-refractivity contribution in [2.24, 2.45) is 11.8 Å². The summed E-state index contributed by atoms with van der Waals surface area (Å²) in [6.07, 6.45) is 6.07. The molecule has 0 radical (unpaired) electrons. The van der Waals surface area contributed by atoms with Crippen molar-refractivity contribution in [2.45, 2.75) is 38.0 Å². The lowest BCUT2D eigenvalue weighted by molar-refractivity contribution is -0.124. The molecule has 0 saturated carbocycles. The Morgan fingerprint density at radius 1 is 1.25 bits per heavy atom. The van der Waals surface area contributed by atoms with Crippen molar-refractivity contribution in [2.75, 3.05) is 19.3 Å². The Balaban J connectivity index is 1.69. The number of hydrogen-bond donors (Lipinski definition) is 0. The fourth-order valence-corrected chi connectivity index (χ4v) is 4.11. The number of thioether (sulfide) groups is 1. The molecular formula is C23H28N2O2S. The van der Waals surface area contributed by atoms with E-state index in [0.717, 1.165) is 24.1 Å². The molecule has 0 N–H and O–H groups in total. The van der Waals surface area contributed by atoms with Gasteiger partial charge in [0.15, 0.2) is 0 Å². The fourth-order valence-electron chi connectivity index (χ4n) is 3.65. The Morgan fingerprint density at radius 3 is 2.75 bits per heavy atom. The van der Waals surface area contributed by atoms with E-state index in [2.05, 4.69) is 31.0 Å². The molecule has 1 atom stereocenters. The van der Waals surface area contributed by atoms with Gasteiger partial charge in [0.1, 0.15) is 5.78 Å². The van der Waals surface area contributed by atoms with Crippen molar-refractivity contribution in [3.63, 3.8) is 0 Å². The zero-order chi connectivity index (χ0) is 20.1. The van der Waals surface area contributed by atoms with Crippen LogP contribution in [0, 0.1) is 11.8 Å². The third-order valence-electron chi connectivity index (χ3n) is 5.15. The quantitative estimate of drug-likeness (QED) is 0.649. The first-order valence-electron chi connectivity index (χ1n) is 9.90. The summed E-state index contributed by atoms with van der Waals surface area (Å²) in [4.78, 5) is 32.8. The van der Waals surface area contributed by atoms with Gasteiger partial charge in [0.05, 0.1) is 11.3 Å². The number of carbonyl (C=O) groups is 2. The third kappa shape index (κ3) is 5.02. The number of rotatable bonds is 6. The second kappa shape index (κ2) is 9.37. The van der Waals surface area contributed by atoms with Crippen molar-refractivity contribution >= 4 is 23.5 Å². The zero-order valence-electron chi connectivity index (χ0n) is 16.9. The number of Topliss-reactive ketones (excluding diaryl/α,β-unsaturated/α-hetero) is 1. The van der Waals surface area contributed by atoms with Crippen LogP contribution >= 0.6 is 11.8 Å². The van der Waals surface area contributed by atoms with Gasteiger partial charge in [0.2, 0.25) is 0 Å². The van der Waals surface area contributed by atoms with Gasteiger partial charge in [-0.3, -0.25) is 14.6 Å². The summed E-state index contributed by atoms with van der Waals surface area (Å²) >= 11 is 1.69. The third-order valence-corrected chi connectivity index (χ3v) is 5.87. The van der Waals surface area contributed by atoms with E-state index in [9.17, 15) is 9.59 Å². The zero-order valence-corrected chi connectivity index (χ0v) is 17.7. The molecule has 148 valence electrons. The van der Waals surface area contributed by atoms with Crippen LogP contribution < -0.4 is 0 Å². The Kier molecular flexibility index (Phi) is 6.89. The first-order valence-corrected chi connectivity index (χ1v) is 11.1. The molecule has 28 heavy (non-hydrogen) atoms. The maximum Gasteiger partial charge on any atom is 0.255 e. The van der Waals surface area contributed by atoms with E-state index >= 15 is 0 Å². The highest BCUT2D eigenvalue weighted by Gasteiger charge is 2.29. The lowest BCUT2D eigenvalue weighted by atomic mass is 9.89. The summed E-state index contributed by atoms with van der Waals surface area (Å²) in [5, 5.41) is 0. The van der Waals surface area contributed by atoms with Crippen molar-refractivity contribution < 1.29 is 9.59 Å². The maximum absolute atomic E-state index is 12.9. The number of piperidine rings is 1. The molecule has 1 saturated heterocycles. The van der Waals surface area contributed by atoms with Crippen LogP contribution in [0.5, 0.6) is 0 Å². The number of hydrogen-bond acceptors (Lipinski definition) is 4. The fraction of sp³-hybridized carbons (Fsp3) is 0.435. The van der Waals surface area contributed by atoms with Crippen LogP contribution in [-0.2, 0) is 4.79 Å².